The van der Waals surface area contributed by atoms with E-state index in [1.807, 2.05) is 31.2 Å². The maximum Gasteiger partial charge on any atom is 0.0652 e. The molecule has 0 aliphatic heterocycles. The number of rotatable bonds is 5. The van der Waals surface area contributed by atoms with Crippen LogP contribution in [0.25, 0.3) is 0 Å². The zero-order valence-electron chi connectivity index (χ0n) is 10.1. The van der Waals surface area contributed by atoms with Crippen LogP contribution in [-0.4, -0.2) is 17.8 Å². The maximum absolute atomic E-state index is 9.56. The van der Waals surface area contributed by atoms with Crippen LogP contribution in [0.1, 0.15) is 32.8 Å². The van der Waals surface area contributed by atoms with Gasteiger partial charge in [-0.05, 0) is 38.0 Å². The van der Waals surface area contributed by atoms with E-state index in [1.165, 1.54) is 0 Å². The number of halogens is 1. The molecule has 90 valence electrons. The molecule has 3 heteroatoms. The van der Waals surface area contributed by atoms with Crippen molar-refractivity contribution in [3.8, 4) is 0 Å². The third-order valence-electron chi connectivity index (χ3n) is 2.97. The highest BCUT2D eigenvalue weighted by Gasteiger charge is 2.26. The first-order chi connectivity index (χ1) is 7.51. The second-order valence-electron chi connectivity index (χ2n) is 4.45. The Labute approximate surface area is 103 Å². The van der Waals surface area contributed by atoms with Crippen molar-refractivity contribution in [1.29, 1.82) is 0 Å². The van der Waals surface area contributed by atoms with Crippen LogP contribution in [0.4, 0.5) is 0 Å². The minimum atomic E-state index is -0.403. The van der Waals surface area contributed by atoms with Gasteiger partial charge in [0.25, 0.3) is 0 Å². The summed E-state index contributed by atoms with van der Waals surface area (Å²) in [5, 5.41) is 13.7. The Morgan fingerprint density at radius 1 is 1.38 bits per heavy atom. The van der Waals surface area contributed by atoms with Gasteiger partial charge in [-0.25, -0.2) is 0 Å². The SMILES string of the molecule is CCC(C)NC(C)(CO)c1ccc(Cl)cc1. The molecule has 2 atom stereocenters. The first-order valence-corrected chi connectivity index (χ1v) is 6.04. The van der Waals surface area contributed by atoms with Crippen molar-refractivity contribution in [3.63, 3.8) is 0 Å². The van der Waals surface area contributed by atoms with E-state index in [0.717, 1.165) is 12.0 Å². The average Bonchev–Trinajstić information content (AvgIpc) is 2.29. The number of hydrogen-bond acceptors (Lipinski definition) is 2. The van der Waals surface area contributed by atoms with Crippen molar-refractivity contribution in [3.05, 3.63) is 34.9 Å². The first kappa shape index (κ1) is 13.5. The highest BCUT2D eigenvalue weighted by Crippen LogP contribution is 2.23. The lowest BCUT2D eigenvalue weighted by molar-refractivity contribution is 0.162. The maximum atomic E-state index is 9.56. The van der Waals surface area contributed by atoms with Gasteiger partial charge >= 0.3 is 0 Å². The molecule has 0 aliphatic carbocycles. The van der Waals surface area contributed by atoms with Crippen molar-refractivity contribution in [2.24, 2.45) is 0 Å². The monoisotopic (exact) mass is 241 g/mol. The smallest absolute Gasteiger partial charge is 0.0652 e. The molecule has 0 aliphatic rings. The summed E-state index contributed by atoms with van der Waals surface area (Å²) in [6, 6.07) is 7.97. The van der Waals surface area contributed by atoms with Gasteiger partial charge in [0.2, 0.25) is 0 Å². The molecule has 2 nitrogen and oxygen atoms in total. The molecule has 0 bridgehead atoms. The van der Waals surface area contributed by atoms with Crippen LogP contribution in [0.15, 0.2) is 24.3 Å². The fourth-order valence-electron chi connectivity index (χ4n) is 1.68. The summed E-state index contributed by atoms with van der Waals surface area (Å²) in [5.41, 5.74) is 0.653. The van der Waals surface area contributed by atoms with Gasteiger partial charge < -0.3 is 10.4 Å². The number of aliphatic hydroxyl groups excluding tert-OH is 1. The highest BCUT2D eigenvalue weighted by molar-refractivity contribution is 6.30. The molecule has 0 spiro atoms. The minimum absolute atomic E-state index is 0.0684. The van der Waals surface area contributed by atoms with Gasteiger partial charge in [-0.1, -0.05) is 30.7 Å². The average molecular weight is 242 g/mol. The van der Waals surface area contributed by atoms with Crippen molar-refractivity contribution in [1.82, 2.24) is 5.32 Å². The van der Waals surface area contributed by atoms with Crippen molar-refractivity contribution in [2.75, 3.05) is 6.61 Å². The molecule has 2 unspecified atom stereocenters. The summed E-state index contributed by atoms with van der Waals surface area (Å²) >= 11 is 5.86. The summed E-state index contributed by atoms with van der Waals surface area (Å²) in [4.78, 5) is 0. The molecule has 0 aromatic heterocycles. The Morgan fingerprint density at radius 3 is 2.38 bits per heavy atom. The molecule has 0 amide bonds. The Morgan fingerprint density at radius 2 is 1.94 bits per heavy atom. The summed E-state index contributed by atoms with van der Waals surface area (Å²) in [6.45, 7) is 6.31. The topological polar surface area (TPSA) is 32.3 Å². The number of benzene rings is 1. The van der Waals surface area contributed by atoms with Crippen LogP contribution in [0.5, 0.6) is 0 Å². The second-order valence-corrected chi connectivity index (χ2v) is 4.89. The first-order valence-electron chi connectivity index (χ1n) is 5.66. The molecule has 0 saturated carbocycles. The Kier molecular flexibility index (Phi) is 4.78. The Hall–Kier alpha value is -0.570. The molecule has 0 radical (unpaired) electrons. The van der Waals surface area contributed by atoms with E-state index < -0.39 is 5.54 Å². The molecular weight excluding hydrogens is 222 g/mol. The molecule has 1 aromatic rings. The van der Waals surface area contributed by atoms with Crippen LogP contribution in [0.3, 0.4) is 0 Å². The van der Waals surface area contributed by atoms with Gasteiger partial charge in [-0.3, -0.25) is 0 Å². The van der Waals surface area contributed by atoms with Crippen LogP contribution < -0.4 is 5.32 Å². The van der Waals surface area contributed by atoms with Gasteiger partial charge in [0.1, 0.15) is 0 Å². The summed E-state index contributed by atoms with van der Waals surface area (Å²) in [7, 11) is 0. The molecule has 1 rings (SSSR count). The second kappa shape index (κ2) is 5.67. The standard InChI is InChI=1S/C13H20ClNO/c1-4-10(2)15-13(3,9-16)11-5-7-12(14)8-6-11/h5-8,10,15-16H,4,9H2,1-3H3. The summed E-state index contributed by atoms with van der Waals surface area (Å²) in [6.07, 6.45) is 1.03. The number of hydrogen-bond donors (Lipinski definition) is 2. The van der Waals surface area contributed by atoms with E-state index in [9.17, 15) is 5.11 Å². The molecule has 0 fully saturated rings. The number of aliphatic hydroxyl groups is 1. The lowest BCUT2D eigenvalue weighted by atomic mass is 9.92. The lowest BCUT2D eigenvalue weighted by Crippen LogP contribution is -2.47. The quantitative estimate of drug-likeness (QED) is 0.831. The number of nitrogens with one attached hydrogen (secondary N) is 1. The van der Waals surface area contributed by atoms with E-state index in [2.05, 4.69) is 19.2 Å². The minimum Gasteiger partial charge on any atom is -0.394 e. The fourth-order valence-corrected chi connectivity index (χ4v) is 1.81. The van der Waals surface area contributed by atoms with E-state index in [1.54, 1.807) is 0 Å². The molecule has 2 N–H and O–H groups in total. The van der Waals surface area contributed by atoms with Gasteiger partial charge in [0, 0.05) is 11.1 Å². The zero-order chi connectivity index (χ0) is 12.2. The lowest BCUT2D eigenvalue weighted by Gasteiger charge is -2.32. The third-order valence-corrected chi connectivity index (χ3v) is 3.23. The van der Waals surface area contributed by atoms with Crippen molar-refractivity contribution < 1.29 is 5.11 Å². The van der Waals surface area contributed by atoms with Crippen LogP contribution >= 0.6 is 11.6 Å². The molecule has 16 heavy (non-hydrogen) atoms. The van der Waals surface area contributed by atoms with Gasteiger partial charge in [-0.15, -0.1) is 0 Å². The predicted molar refractivity (Wildman–Crippen MR) is 68.8 cm³/mol. The van der Waals surface area contributed by atoms with Gasteiger partial charge in [0.05, 0.1) is 12.1 Å². The van der Waals surface area contributed by atoms with Crippen molar-refractivity contribution >= 4 is 11.6 Å². The van der Waals surface area contributed by atoms with E-state index in [0.29, 0.717) is 11.1 Å². The molecule has 0 heterocycles. The van der Waals surface area contributed by atoms with Crippen LogP contribution in [0, 0.1) is 0 Å². The highest BCUT2D eigenvalue weighted by atomic mass is 35.5. The Bertz CT molecular complexity index is 325. The fraction of sp³-hybridized carbons (Fsp3) is 0.538. The Balaban J connectivity index is 2.90. The normalized spacial score (nSPS) is 16.8. The molecular formula is C13H20ClNO. The third kappa shape index (κ3) is 3.21. The van der Waals surface area contributed by atoms with Gasteiger partial charge in [-0.2, -0.15) is 0 Å². The zero-order valence-corrected chi connectivity index (χ0v) is 10.9. The van der Waals surface area contributed by atoms with Crippen LogP contribution in [0.2, 0.25) is 5.02 Å². The summed E-state index contributed by atoms with van der Waals surface area (Å²) in [5.74, 6) is 0. The summed E-state index contributed by atoms with van der Waals surface area (Å²) < 4.78 is 0. The van der Waals surface area contributed by atoms with Gasteiger partial charge in [0.15, 0.2) is 0 Å². The molecule has 0 saturated heterocycles. The van der Waals surface area contributed by atoms with Crippen molar-refractivity contribution in [2.45, 2.75) is 38.8 Å². The van der Waals surface area contributed by atoms with Crippen LogP contribution in [-0.2, 0) is 5.54 Å². The van der Waals surface area contributed by atoms with E-state index in [-0.39, 0.29) is 6.61 Å². The largest absolute Gasteiger partial charge is 0.394 e. The van der Waals surface area contributed by atoms with E-state index >= 15 is 0 Å². The molecule has 1 aromatic carbocycles. The van der Waals surface area contributed by atoms with E-state index in [4.69, 9.17) is 11.6 Å². The predicted octanol–water partition coefficient (Wildman–Crippen LogP) is 2.94.